The van der Waals surface area contributed by atoms with Crippen molar-refractivity contribution in [1.29, 1.82) is 0 Å². The monoisotopic (exact) mass is 340 g/mol. The lowest BCUT2D eigenvalue weighted by molar-refractivity contribution is 0.219. The van der Waals surface area contributed by atoms with Crippen LogP contribution in [0.25, 0.3) is 0 Å². The maximum Gasteiger partial charge on any atom is 0.322 e. The highest BCUT2D eigenvalue weighted by molar-refractivity contribution is 6.55. The van der Waals surface area contributed by atoms with E-state index in [1.54, 1.807) is 24.3 Å². The molecule has 0 aliphatic heterocycles. The SMILES string of the molecule is CCN(CC=C(Cl)Cl)C(=O)Nc1ccc(Cl)c(Cl)c1. The van der Waals surface area contributed by atoms with E-state index in [4.69, 9.17) is 46.4 Å². The number of amides is 2. The highest BCUT2D eigenvalue weighted by atomic mass is 35.5. The van der Waals surface area contributed by atoms with Crippen LogP contribution in [0.15, 0.2) is 28.8 Å². The fourth-order valence-electron chi connectivity index (χ4n) is 1.31. The summed E-state index contributed by atoms with van der Waals surface area (Å²) in [5.74, 6) is 0. The molecular weight excluding hydrogens is 330 g/mol. The minimum Gasteiger partial charge on any atom is -0.321 e. The number of hydrogen-bond donors (Lipinski definition) is 1. The molecule has 0 aliphatic rings. The van der Waals surface area contributed by atoms with E-state index in [1.807, 2.05) is 6.92 Å². The number of carbonyl (C=O) groups is 1. The van der Waals surface area contributed by atoms with Crippen LogP contribution >= 0.6 is 46.4 Å². The number of nitrogens with zero attached hydrogens (tertiary/aromatic N) is 1. The Hall–Kier alpha value is -0.610. The van der Waals surface area contributed by atoms with Gasteiger partial charge in [0.05, 0.1) is 10.0 Å². The molecule has 0 aromatic heterocycles. The average Bonchev–Trinajstić information content (AvgIpc) is 2.34. The van der Waals surface area contributed by atoms with Crippen LogP contribution in [0.3, 0.4) is 0 Å². The Labute approximate surface area is 132 Å². The van der Waals surface area contributed by atoms with Crippen molar-refractivity contribution in [2.24, 2.45) is 0 Å². The summed E-state index contributed by atoms with van der Waals surface area (Å²) >= 11 is 22.7. The van der Waals surface area contributed by atoms with E-state index < -0.39 is 0 Å². The molecule has 1 aromatic carbocycles. The van der Waals surface area contributed by atoms with Crippen molar-refractivity contribution in [3.8, 4) is 0 Å². The maximum absolute atomic E-state index is 12.0. The second-order valence-corrected chi connectivity index (χ2v) is 5.41. The van der Waals surface area contributed by atoms with Gasteiger partial charge in [0.25, 0.3) is 0 Å². The van der Waals surface area contributed by atoms with Gasteiger partial charge in [-0.1, -0.05) is 46.4 Å². The van der Waals surface area contributed by atoms with Gasteiger partial charge in [0, 0.05) is 18.8 Å². The zero-order chi connectivity index (χ0) is 14.4. The number of likely N-dealkylation sites (N-methyl/N-ethyl adjacent to an activating group) is 1. The highest BCUT2D eigenvalue weighted by Gasteiger charge is 2.11. The minimum atomic E-state index is -0.272. The summed E-state index contributed by atoms with van der Waals surface area (Å²) in [5, 5.41) is 3.53. The Kier molecular flexibility index (Phi) is 6.80. The number of anilines is 1. The molecule has 1 N–H and O–H groups in total. The Morgan fingerprint density at radius 3 is 2.53 bits per heavy atom. The Balaban J connectivity index is 2.71. The van der Waals surface area contributed by atoms with Gasteiger partial charge in [-0.25, -0.2) is 4.79 Å². The molecule has 0 bridgehead atoms. The van der Waals surface area contributed by atoms with Crippen molar-refractivity contribution in [1.82, 2.24) is 4.90 Å². The Morgan fingerprint density at radius 1 is 1.32 bits per heavy atom. The van der Waals surface area contributed by atoms with Crippen LogP contribution in [0, 0.1) is 0 Å². The zero-order valence-corrected chi connectivity index (χ0v) is 13.1. The van der Waals surface area contributed by atoms with Gasteiger partial charge in [0.1, 0.15) is 4.49 Å². The van der Waals surface area contributed by atoms with Gasteiger partial charge in [0.2, 0.25) is 0 Å². The van der Waals surface area contributed by atoms with Crippen molar-refractivity contribution < 1.29 is 4.79 Å². The van der Waals surface area contributed by atoms with Gasteiger partial charge in [-0.3, -0.25) is 0 Å². The predicted molar refractivity (Wildman–Crippen MR) is 82.5 cm³/mol. The summed E-state index contributed by atoms with van der Waals surface area (Å²) in [6.07, 6.45) is 1.54. The summed E-state index contributed by atoms with van der Waals surface area (Å²) in [5.41, 5.74) is 0.568. The standard InChI is InChI=1S/C12H12Cl4N2O/c1-2-18(6-5-11(15)16)12(19)17-8-3-4-9(13)10(14)7-8/h3-5,7H,2,6H2,1H3,(H,17,19). The molecule has 0 saturated carbocycles. The molecule has 7 heteroatoms. The first-order chi connectivity index (χ1) is 8.93. The van der Waals surface area contributed by atoms with Crippen LogP contribution in [-0.4, -0.2) is 24.0 Å². The molecule has 19 heavy (non-hydrogen) atoms. The topological polar surface area (TPSA) is 32.3 Å². The maximum atomic E-state index is 12.0. The van der Waals surface area contributed by atoms with Gasteiger partial charge >= 0.3 is 6.03 Å². The molecule has 1 aromatic rings. The predicted octanol–water partition coefficient (Wildman–Crippen LogP) is 5.17. The molecule has 0 heterocycles. The molecule has 104 valence electrons. The van der Waals surface area contributed by atoms with Crippen molar-refractivity contribution in [3.63, 3.8) is 0 Å². The number of rotatable bonds is 4. The van der Waals surface area contributed by atoms with Gasteiger partial charge in [-0.2, -0.15) is 0 Å². The number of carbonyl (C=O) groups excluding carboxylic acids is 1. The molecule has 0 saturated heterocycles. The molecule has 0 radical (unpaired) electrons. The fourth-order valence-corrected chi connectivity index (χ4v) is 1.75. The first kappa shape index (κ1) is 16.4. The molecule has 0 spiro atoms. The third kappa shape index (κ3) is 5.49. The van der Waals surface area contributed by atoms with Gasteiger partial charge < -0.3 is 10.2 Å². The average molecular weight is 342 g/mol. The lowest BCUT2D eigenvalue weighted by Gasteiger charge is -2.19. The van der Waals surface area contributed by atoms with Crippen LogP contribution in [-0.2, 0) is 0 Å². The Bertz CT molecular complexity index is 487. The highest BCUT2D eigenvalue weighted by Crippen LogP contribution is 2.25. The third-order valence-corrected chi connectivity index (χ3v) is 3.35. The first-order valence-corrected chi connectivity index (χ1v) is 6.97. The summed E-state index contributed by atoms with van der Waals surface area (Å²) in [6.45, 7) is 2.70. The molecule has 0 aliphatic carbocycles. The number of urea groups is 1. The second-order valence-electron chi connectivity index (χ2n) is 3.59. The normalized spacial score (nSPS) is 9.95. The minimum absolute atomic E-state index is 0.126. The van der Waals surface area contributed by atoms with Crippen molar-refractivity contribution in [3.05, 3.63) is 38.8 Å². The molecule has 0 unspecified atom stereocenters. The zero-order valence-electron chi connectivity index (χ0n) is 10.1. The molecule has 2 amide bonds. The Morgan fingerprint density at radius 2 is 2.00 bits per heavy atom. The third-order valence-electron chi connectivity index (χ3n) is 2.31. The number of hydrogen-bond acceptors (Lipinski definition) is 1. The molecule has 0 fully saturated rings. The van der Waals surface area contributed by atoms with Gasteiger partial charge in [0.15, 0.2) is 0 Å². The van der Waals surface area contributed by atoms with E-state index in [-0.39, 0.29) is 10.5 Å². The van der Waals surface area contributed by atoms with Crippen LogP contribution < -0.4 is 5.32 Å². The van der Waals surface area contributed by atoms with E-state index in [2.05, 4.69) is 5.32 Å². The fraction of sp³-hybridized carbons (Fsp3) is 0.250. The first-order valence-electron chi connectivity index (χ1n) is 5.46. The van der Waals surface area contributed by atoms with E-state index in [9.17, 15) is 4.79 Å². The van der Waals surface area contributed by atoms with Crippen molar-refractivity contribution >= 4 is 58.1 Å². The van der Waals surface area contributed by atoms with Crippen LogP contribution in [0.2, 0.25) is 10.0 Å². The smallest absolute Gasteiger partial charge is 0.321 e. The lowest BCUT2D eigenvalue weighted by atomic mass is 10.3. The van der Waals surface area contributed by atoms with Crippen LogP contribution in [0.4, 0.5) is 10.5 Å². The van der Waals surface area contributed by atoms with Crippen LogP contribution in [0.1, 0.15) is 6.92 Å². The quantitative estimate of drug-likeness (QED) is 0.805. The summed E-state index contributed by atoms with van der Waals surface area (Å²) < 4.78 is 0.126. The molecular formula is C12H12Cl4N2O. The summed E-state index contributed by atoms with van der Waals surface area (Å²) in [7, 11) is 0. The van der Waals surface area contributed by atoms with Crippen molar-refractivity contribution in [2.75, 3.05) is 18.4 Å². The van der Waals surface area contributed by atoms with Gasteiger partial charge in [-0.15, -0.1) is 0 Å². The van der Waals surface area contributed by atoms with E-state index in [0.29, 0.717) is 28.8 Å². The lowest BCUT2D eigenvalue weighted by Crippen LogP contribution is -2.34. The van der Waals surface area contributed by atoms with Crippen molar-refractivity contribution in [2.45, 2.75) is 6.92 Å². The second kappa shape index (κ2) is 7.85. The molecule has 1 rings (SSSR count). The van der Waals surface area contributed by atoms with Gasteiger partial charge in [-0.05, 0) is 31.2 Å². The number of nitrogens with one attached hydrogen (secondary N) is 1. The summed E-state index contributed by atoms with van der Waals surface area (Å²) in [6, 6.07) is 4.60. The van der Waals surface area contributed by atoms with E-state index in [0.717, 1.165) is 0 Å². The number of halogens is 4. The number of benzene rings is 1. The molecule has 3 nitrogen and oxygen atoms in total. The molecule has 0 atom stereocenters. The summed E-state index contributed by atoms with van der Waals surface area (Å²) in [4.78, 5) is 13.5. The van der Waals surface area contributed by atoms with E-state index >= 15 is 0 Å². The van der Waals surface area contributed by atoms with E-state index in [1.165, 1.54) is 4.90 Å². The largest absolute Gasteiger partial charge is 0.322 e. The van der Waals surface area contributed by atoms with Crippen LogP contribution in [0.5, 0.6) is 0 Å².